The van der Waals surface area contributed by atoms with Crippen molar-refractivity contribution in [2.45, 2.75) is 0 Å². The van der Waals surface area contributed by atoms with Crippen molar-refractivity contribution in [2.75, 3.05) is 9.87 Å². The van der Waals surface area contributed by atoms with Crippen LogP contribution in [-0.4, -0.2) is 14.1 Å². The van der Waals surface area contributed by atoms with Crippen LogP contribution in [0.2, 0.25) is 0 Å². The topological polar surface area (TPSA) is 29.9 Å². The second-order valence-electron chi connectivity index (χ2n) is 2.94. The van der Waals surface area contributed by atoms with Gasteiger partial charge >= 0.3 is 0 Å². The van der Waals surface area contributed by atoms with Crippen LogP contribution in [0, 0.1) is 0 Å². The molecule has 0 atom stereocenters. The van der Waals surface area contributed by atoms with Crippen LogP contribution in [0.25, 0.3) is 5.69 Å². The van der Waals surface area contributed by atoms with Crippen LogP contribution in [0.15, 0.2) is 41.4 Å². The second-order valence-corrected chi connectivity index (χ2v) is 4.56. The maximum atomic E-state index is 4.03. The number of hydrogen-bond donors (Lipinski definition) is 1. The highest BCUT2D eigenvalue weighted by molar-refractivity contribution is 14.1. The first-order valence-electron chi connectivity index (χ1n) is 4.39. The van der Waals surface area contributed by atoms with Crippen LogP contribution in [0.3, 0.4) is 0 Å². The SMILES string of the molecule is Brc1ccc(-n2ccnc2)cc1NCI. The van der Waals surface area contributed by atoms with Gasteiger partial charge in [0, 0.05) is 22.6 Å². The summed E-state index contributed by atoms with van der Waals surface area (Å²) in [6, 6.07) is 6.17. The number of alkyl halides is 1. The fourth-order valence-corrected chi connectivity index (χ4v) is 2.09. The molecule has 1 N–H and O–H groups in total. The number of anilines is 1. The summed E-state index contributed by atoms with van der Waals surface area (Å²) in [6.45, 7) is 0. The van der Waals surface area contributed by atoms with Crippen molar-refractivity contribution >= 4 is 44.2 Å². The molecule has 0 spiro atoms. The van der Waals surface area contributed by atoms with Crippen molar-refractivity contribution in [1.82, 2.24) is 9.55 Å². The number of hydrogen-bond acceptors (Lipinski definition) is 2. The summed E-state index contributed by atoms with van der Waals surface area (Å²) in [4.78, 5) is 4.03. The van der Waals surface area contributed by atoms with E-state index in [0.717, 1.165) is 20.4 Å². The predicted molar refractivity (Wildman–Crippen MR) is 73.8 cm³/mol. The van der Waals surface area contributed by atoms with Gasteiger partial charge in [0.05, 0.1) is 16.6 Å². The highest BCUT2D eigenvalue weighted by atomic mass is 127. The fourth-order valence-electron chi connectivity index (χ4n) is 1.29. The average molecular weight is 378 g/mol. The predicted octanol–water partition coefficient (Wildman–Crippen LogP) is 3.44. The highest BCUT2D eigenvalue weighted by Crippen LogP contribution is 2.25. The quantitative estimate of drug-likeness (QED) is 0.504. The molecule has 0 aliphatic heterocycles. The zero-order chi connectivity index (χ0) is 10.7. The van der Waals surface area contributed by atoms with Gasteiger partial charge in [-0.15, -0.1) is 0 Å². The van der Waals surface area contributed by atoms with Crippen LogP contribution >= 0.6 is 38.5 Å². The smallest absolute Gasteiger partial charge is 0.0991 e. The number of rotatable bonds is 3. The number of imidazole rings is 1. The first-order chi connectivity index (χ1) is 7.31. The fraction of sp³-hybridized carbons (Fsp3) is 0.100. The molecule has 1 heterocycles. The Morgan fingerprint density at radius 3 is 3.00 bits per heavy atom. The molecule has 15 heavy (non-hydrogen) atoms. The molecule has 2 rings (SSSR count). The number of halogens is 2. The lowest BCUT2D eigenvalue weighted by molar-refractivity contribution is 1.06. The molecule has 2 aromatic rings. The van der Waals surface area contributed by atoms with Crippen LogP contribution in [-0.2, 0) is 0 Å². The first-order valence-corrected chi connectivity index (χ1v) is 6.71. The van der Waals surface area contributed by atoms with Crippen molar-refractivity contribution in [3.63, 3.8) is 0 Å². The molecule has 1 aromatic carbocycles. The van der Waals surface area contributed by atoms with Crippen molar-refractivity contribution in [3.8, 4) is 5.69 Å². The summed E-state index contributed by atoms with van der Waals surface area (Å²) in [5.74, 6) is 0. The maximum Gasteiger partial charge on any atom is 0.0991 e. The van der Waals surface area contributed by atoms with E-state index in [0.29, 0.717) is 0 Å². The normalized spacial score (nSPS) is 10.3. The van der Waals surface area contributed by atoms with Gasteiger partial charge in [-0.2, -0.15) is 0 Å². The van der Waals surface area contributed by atoms with Gasteiger partial charge in [-0.3, -0.25) is 0 Å². The van der Waals surface area contributed by atoms with E-state index in [-0.39, 0.29) is 0 Å². The third-order valence-corrected chi connectivity index (χ3v) is 3.08. The van der Waals surface area contributed by atoms with Gasteiger partial charge in [0.15, 0.2) is 0 Å². The Bertz CT molecular complexity index is 442. The lowest BCUT2D eigenvalue weighted by Crippen LogP contribution is -1.97. The molecule has 0 amide bonds. The van der Waals surface area contributed by atoms with E-state index in [4.69, 9.17) is 0 Å². The number of nitrogens with zero attached hydrogens (tertiary/aromatic N) is 2. The maximum absolute atomic E-state index is 4.03. The Kier molecular flexibility index (Phi) is 3.63. The molecule has 0 fully saturated rings. The first kappa shape index (κ1) is 10.9. The molecule has 0 aliphatic carbocycles. The van der Waals surface area contributed by atoms with Gasteiger partial charge in [-0.25, -0.2) is 4.98 Å². The largest absolute Gasteiger partial charge is 0.375 e. The minimum Gasteiger partial charge on any atom is -0.375 e. The lowest BCUT2D eigenvalue weighted by atomic mass is 10.3. The minimum absolute atomic E-state index is 0.879. The van der Waals surface area contributed by atoms with Crippen molar-refractivity contribution in [2.24, 2.45) is 0 Å². The molecule has 0 aliphatic rings. The van der Waals surface area contributed by atoms with Crippen LogP contribution in [0.4, 0.5) is 5.69 Å². The van der Waals surface area contributed by atoms with Gasteiger partial charge in [0.2, 0.25) is 0 Å². The Hall–Kier alpha value is -0.560. The third-order valence-electron chi connectivity index (χ3n) is 2.01. The van der Waals surface area contributed by atoms with E-state index in [9.17, 15) is 0 Å². The highest BCUT2D eigenvalue weighted by Gasteiger charge is 2.01. The molecule has 0 radical (unpaired) electrons. The van der Waals surface area contributed by atoms with Crippen molar-refractivity contribution in [3.05, 3.63) is 41.4 Å². The number of nitrogens with one attached hydrogen (secondary N) is 1. The summed E-state index contributed by atoms with van der Waals surface area (Å²) in [5, 5.41) is 3.28. The monoisotopic (exact) mass is 377 g/mol. The Morgan fingerprint density at radius 2 is 2.33 bits per heavy atom. The molecular weight excluding hydrogens is 369 g/mol. The molecule has 0 unspecified atom stereocenters. The minimum atomic E-state index is 0.879. The third kappa shape index (κ3) is 2.52. The molecule has 0 bridgehead atoms. The Balaban J connectivity index is 2.38. The van der Waals surface area contributed by atoms with Gasteiger partial charge in [0.25, 0.3) is 0 Å². The van der Waals surface area contributed by atoms with E-state index in [2.05, 4.69) is 54.9 Å². The van der Waals surface area contributed by atoms with Crippen LogP contribution in [0.1, 0.15) is 0 Å². The second kappa shape index (κ2) is 4.98. The van der Waals surface area contributed by atoms with Crippen LogP contribution in [0.5, 0.6) is 0 Å². The van der Waals surface area contributed by atoms with Crippen LogP contribution < -0.4 is 5.32 Å². The van der Waals surface area contributed by atoms with Gasteiger partial charge < -0.3 is 9.88 Å². The molecule has 3 nitrogen and oxygen atoms in total. The summed E-state index contributed by atoms with van der Waals surface area (Å²) < 4.78 is 3.93. The standard InChI is InChI=1S/C10H9BrIN3/c11-9-2-1-8(5-10(9)14-6-12)15-4-3-13-7-15/h1-5,7,14H,6H2. The average Bonchev–Trinajstić information content (AvgIpc) is 2.75. The van der Waals surface area contributed by atoms with E-state index < -0.39 is 0 Å². The number of benzene rings is 1. The van der Waals surface area contributed by atoms with Crippen molar-refractivity contribution < 1.29 is 0 Å². The molecule has 78 valence electrons. The zero-order valence-corrected chi connectivity index (χ0v) is 11.6. The van der Waals surface area contributed by atoms with E-state index in [1.54, 1.807) is 12.5 Å². The molecule has 5 heteroatoms. The lowest BCUT2D eigenvalue weighted by Gasteiger charge is -2.08. The van der Waals surface area contributed by atoms with E-state index in [1.165, 1.54) is 0 Å². The molecule has 1 aromatic heterocycles. The number of aromatic nitrogens is 2. The summed E-state index contributed by atoms with van der Waals surface area (Å²) in [5.41, 5.74) is 2.19. The summed E-state index contributed by atoms with van der Waals surface area (Å²) in [6.07, 6.45) is 5.49. The molecule has 0 saturated carbocycles. The Labute approximate surface area is 110 Å². The van der Waals surface area contributed by atoms with Gasteiger partial charge in [-0.1, -0.05) is 22.6 Å². The Morgan fingerprint density at radius 1 is 1.47 bits per heavy atom. The summed E-state index contributed by atoms with van der Waals surface area (Å²) >= 11 is 5.79. The summed E-state index contributed by atoms with van der Waals surface area (Å²) in [7, 11) is 0. The van der Waals surface area contributed by atoms with Gasteiger partial charge in [0.1, 0.15) is 0 Å². The van der Waals surface area contributed by atoms with Gasteiger partial charge in [-0.05, 0) is 34.1 Å². The molecular formula is C10H9BrIN3. The zero-order valence-electron chi connectivity index (χ0n) is 7.82. The van der Waals surface area contributed by atoms with E-state index >= 15 is 0 Å². The van der Waals surface area contributed by atoms with Crippen molar-refractivity contribution in [1.29, 1.82) is 0 Å². The molecule has 0 saturated heterocycles. The van der Waals surface area contributed by atoms with E-state index in [1.807, 2.05) is 22.9 Å².